The highest BCUT2D eigenvalue weighted by Crippen LogP contribution is 2.20. The predicted octanol–water partition coefficient (Wildman–Crippen LogP) is 0.0597. The zero-order valence-electron chi connectivity index (χ0n) is 10.2. The largest absolute Gasteiger partial charge is 0.369 e. The number of sulfone groups is 1. The molecule has 0 aromatic carbocycles. The van der Waals surface area contributed by atoms with Crippen LogP contribution in [0.4, 0.5) is 11.6 Å². The van der Waals surface area contributed by atoms with Gasteiger partial charge in [0.15, 0.2) is 9.84 Å². The van der Waals surface area contributed by atoms with E-state index >= 15 is 0 Å². The van der Waals surface area contributed by atoms with Crippen LogP contribution in [0.2, 0.25) is 0 Å². The second-order valence-corrected chi connectivity index (χ2v) is 6.74. The SMILES string of the molecule is Cc1nc(NN)cc(NCC2CCCS2(=O)=O)n1. The summed E-state index contributed by atoms with van der Waals surface area (Å²) >= 11 is 0. The molecule has 1 fully saturated rings. The van der Waals surface area contributed by atoms with Gasteiger partial charge in [0.05, 0.1) is 11.0 Å². The van der Waals surface area contributed by atoms with Gasteiger partial charge in [-0.1, -0.05) is 0 Å². The third-order valence-electron chi connectivity index (χ3n) is 2.96. The van der Waals surface area contributed by atoms with E-state index in [9.17, 15) is 8.42 Å². The van der Waals surface area contributed by atoms with Crippen molar-refractivity contribution in [3.8, 4) is 0 Å². The first-order valence-electron chi connectivity index (χ1n) is 5.79. The van der Waals surface area contributed by atoms with Gasteiger partial charge < -0.3 is 10.7 Å². The topological polar surface area (TPSA) is 110 Å². The fraction of sp³-hybridized carbons (Fsp3) is 0.600. The number of rotatable bonds is 4. The van der Waals surface area contributed by atoms with E-state index in [1.54, 1.807) is 13.0 Å². The summed E-state index contributed by atoms with van der Waals surface area (Å²) in [5.41, 5.74) is 2.44. The number of aryl methyl sites for hydroxylation is 1. The predicted molar refractivity (Wildman–Crippen MR) is 69.9 cm³/mol. The zero-order valence-corrected chi connectivity index (χ0v) is 11.0. The van der Waals surface area contributed by atoms with Gasteiger partial charge in [-0.05, 0) is 19.8 Å². The van der Waals surface area contributed by atoms with Gasteiger partial charge in [-0.2, -0.15) is 0 Å². The number of nitrogens with one attached hydrogen (secondary N) is 2. The summed E-state index contributed by atoms with van der Waals surface area (Å²) in [6.45, 7) is 2.13. The molecule has 1 aliphatic rings. The smallest absolute Gasteiger partial charge is 0.154 e. The van der Waals surface area contributed by atoms with Gasteiger partial charge in [0, 0.05) is 12.6 Å². The van der Waals surface area contributed by atoms with Crippen molar-refractivity contribution in [2.24, 2.45) is 5.84 Å². The number of aromatic nitrogens is 2. The van der Waals surface area contributed by atoms with E-state index in [4.69, 9.17) is 5.84 Å². The Hall–Kier alpha value is -1.41. The molecule has 2 heterocycles. The molecular formula is C10H17N5O2S. The van der Waals surface area contributed by atoms with Crippen LogP contribution < -0.4 is 16.6 Å². The van der Waals surface area contributed by atoms with Crippen molar-refractivity contribution in [1.82, 2.24) is 9.97 Å². The number of nitrogens with zero attached hydrogens (tertiary/aromatic N) is 2. The maximum absolute atomic E-state index is 11.7. The lowest BCUT2D eigenvalue weighted by Gasteiger charge is -2.12. The Morgan fingerprint density at radius 3 is 2.78 bits per heavy atom. The summed E-state index contributed by atoms with van der Waals surface area (Å²) in [6.07, 6.45) is 1.45. The molecule has 0 radical (unpaired) electrons. The Balaban J connectivity index is 2.04. The van der Waals surface area contributed by atoms with Gasteiger partial charge in [-0.3, -0.25) is 0 Å². The van der Waals surface area contributed by atoms with Crippen molar-refractivity contribution in [2.45, 2.75) is 25.0 Å². The monoisotopic (exact) mass is 271 g/mol. The number of hydrogen-bond acceptors (Lipinski definition) is 7. The molecule has 0 aliphatic carbocycles. The number of hydrazine groups is 1. The second kappa shape index (κ2) is 5.07. The van der Waals surface area contributed by atoms with Crippen LogP contribution in [-0.2, 0) is 9.84 Å². The molecule has 4 N–H and O–H groups in total. The Kier molecular flexibility index (Phi) is 3.67. The lowest BCUT2D eigenvalue weighted by molar-refractivity contribution is 0.591. The van der Waals surface area contributed by atoms with Crippen molar-refractivity contribution < 1.29 is 8.42 Å². The molecule has 1 unspecified atom stereocenters. The first kappa shape index (κ1) is 13.0. The van der Waals surface area contributed by atoms with Crippen LogP contribution in [0.5, 0.6) is 0 Å². The highest BCUT2D eigenvalue weighted by molar-refractivity contribution is 7.92. The first-order chi connectivity index (χ1) is 8.51. The molecule has 0 saturated carbocycles. The zero-order chi connectivity index (χ0) is 13.2. The molecule has 8 heteroatoms. The first-order valence-corrected chi connectivity index (χ1v) is 7.50. The third kappa shape index (κ3) is 2.88. The lowest BCUT2D eigenvalue weighted by atomic mass is 10.2. The fourth-order valence-corrected chi connectivity index (χ4v) is 3.80. The minimum atomic E-state index is -2.93. The van der Waals surface area contributed by atoms with E-state index in [0.29, 0.717) is 30.4 Å². The minimum absolute atomic E-state index is 0.289. The fourth-order valence-electron chi connectivity index (χ4n) is 2.04. The third-order valence-corrected chi connectivity index (χ3v) is 5.24. The van der Waals surface area contributed by atoms with E-state index in [1.807, 2.05) is 0 Å². The van der Waals surface area contributed by atoms with Crippen LogP contribution in [0.25, 0.3) is 0 Å². The van der Waals surface area contributed by atoms with Gasteiger partial charge in [0.1, 0.15) is 17.5 Å². The molecule has 0 amide bonds. The van der Waals surface area contributed by atoms with Crippen molar-refractivity contribution in [3.63, 3.8) is 0 Å². The van der Waals surface area contributed by atoms with E-state index < -0.39 is 9.84 Å². The lowest BCUT2D eigenvalue weighted by Crippen LogP contribution is -2.25. The van der Waals surface area contributed by atoms with Crippen molar-refractivity contribution in [1.29, 1.82) is 0 Å². The van der Waals surface area contributed by atoms with Crippen LogP contribution in [0.1, 0.15) is 18.7 Å². The van der Waals surface area contributed by atoms with Crippen molar-refractivity contribution >= 4 is 21.5 Å². The molecular weight excluding hydrogens is 254 g/mol. The molecule has 1 atom stereocenters. The Morgan fingerprint density at radius 2 is 2.17 bits per heavy atom. The summed E-state index contributed by atoms with van der Waals surface area (Å²) in [7, 11) is -2.93. The molecule has 1 aromatic heterocycles. The van der Waals surface area contributed by atoms with Crippen LogP contribution in [-0.4, -0.2) is 35.9 Å². The average Bonchev–Trinajstić information content (AvgIpc) is 2.65. The second-order valence-electron chi connectivity index (χ2n) is 4.34. The minimum Gasteiger partial charge on any atom is -0.369 e. The Labute approximate surface area is 106 Å². The van der Waals surface area contributed by atoms with E-state index in [1.165, 1.54) is 0 Å². The molecule has 1 saturated heterocycles. The number of nitrogens with two attached hydrogens (primary N) is 1. The highest BCUT2D eigenvalue weighted by atomic mass is 32.2. The molecule has 18 heavy (non-hydrogen) atoms. The molecule has 1 aromatic rings. The normalized spacial score (nSPS) is 21.8. The summed E-state index contributed by atoms with van der Waals surface area (Å²) < 4.78 is 23.3. The summed E-state index contributed by atoms with van der Waals surface area (Å²) in [4.78, 5) is 8.23. The Morgan fingerprint density at radius 1 is 1.44 bits per heavy atom. The molecule has 1 aliphatic heterocycles. The number of nitrogen functional groups attached to an aromatic ring is 1. The quantitative estimate of drug-likeness (QED) is 0.524. The van der Waals surface area contributed by atoms with Crippen LogP contribution in [0, 0.1) is 6.92 Å². The van der Waals surface area contributed by atoms with Gasteiger partial charge >= 0.3 is 0 Å². The summed E-state index contributed by atoms with van der Waals surface area (Å²) in [5, 5.41) is 2.71. The van der Waals surface area contributed by atoms with Gasteiger partial charge in [0.25, 0.3) is 0 Å². The number of anilines is 2. The van der Waals surface area contributed by atoms with Crippen molar-refractivity contribution in [3.05, 3.63) is 11.9 Å². The van der Waals surface area contributed by atoms with Crippen LogP contribution >= 0.6 is 0 Å². The average molecular weight is 271 g/mol. The molecule has 0 spiro atoms. The van der Waals surface area contributed by atoms with Crippen LogP contribution in [0.15, 0.2) is 6.07 Å². The van der Waals surface area contributed by atoms with E-state index in [-0.39, 0.29) is 11.0 Å². The van der Waals surface area contributed by atoms with E-state index in [2.05, 4.69) is 20.7 Å². The molecule has 2 rings (SSSR count). The molecule has 7 nitrogen and oxygen atoms in total. The van der Waals surface area contributed by atoms with Gasteiger partial charge in [-0.25, -0.2) is 24.2 Å². The van der Waals surface area contributed by atoms with Gasteiger partial charge in [0.2, 0.25) is 0 Å². The molecule has 0 bridgehead atoms. The highest BCUT2D eigenvalue weighted by Gasteiger charge is 2.30. The van der Waals surface area contributed by atoms with Gasteiger partial charge in [-0.15, -0.1) is 0 Å². The van der Waals surface area contributed by atoms with E-state index in [0.717, 1.165) is 6.42 Å². The molecule has 100 valence electrons. The van der Waals surface area contributed by atoms with Crippen molar-refractivity contribution in [2.75, 3.05) is 23.0 Å². The summed E-state index contributed by atoms with van der Waals surface area (Å²) in [5.74, 6) is 7.23. The Bertz CT molecular complexity index is 531. The number of hydrogen-bond donors (Lipinski definition) is 3. The van der Waals surface area contributed by atoms with Crippen LogP contribution in [0.3, 0.4) is 0 Å². The standard InChI is InChI=1S/C10H17N5O2S/c1-7-13-9(5-10(14-7)15-11)12-6-8-3-2-4-18(8,16)17/h5,8H,2-4,6,11H2,1H3,(H2,12,13,14,15). The maximum atomic E-state index is 11.7. The maximum Gasteiger partial charge on any atom is 0.154 e. The summed E-state index contributed by atoms with van der Waals surface area (Å²) in [6, 6.07) is 1.65.